The van der Waals surface area contributed by atoms with Crippen molar-refractivity contribution >= 4 is 50.9 Å². The lowest BCUT2D eigenvalue weighted by atomic mass is 10.4. The molecule has 1 unspecified atom stereocenters. The van der Waals surface area contributed by atoms with Gasteiger partial charge in [0.1, 0.15) is 11.9 Å². The predicted molar refractivity (Wildman–Crippen MR) is 75.6 cm³/mol. The Morgan fingerprint density at radius 3 is 3.00 bits per heavy atom. The number of nitrogens with zero attached hydrogens (tertiary/aromatic N) is 1. The molecule has 1 atom stereocenters. The monoisotopic (exact) mass is 349 g/mol. The molecule has 1 aliphatic heterocycles. The zero-order chi connectivity index (χ0) is 13.1. The van der Waals surface area contributed by atoms with E-state index in [4.69, 9.17) is 4.74 Å². The van der Waals surface area contributed by atoms with Crippen molar-refractivity contribution < 1.29 is 14.3 Å². The predicted octanol–water partition coefficient (Wildman–Crippen LogP) is 2.65. The molecule has 0 bridgehead atoms. The van der Waals surface area contributed by atoms with E-state index in [9.17, 15) is 9.59 Å². The zero-order valence-electron chi connectivity index (χ0n) is 9.72. The highest BCUT2D eigenvalue weighted by atomic mass is 79.9. The Hall–Kier alpha value is -0.530. The van der Waals surface area contributed by atoms with Gasteiger partial charge in [-0.3, -0.25) is 9.59 Å². The molecule has 1 saturated heterocycles. The minimum Gasteiger partial charge on any atom is -0.465 e. The maximum absolute atomic E-state index is 11.8. The summed E-state index contributed by atoms with van der Waals surface area (Å²) in [6.07, 6.45) is 0. The fourth-order valence-electron chi connectivity index (χ4n) is 1.67. The smallest absolute Gasteiger partial charge is 0.325 e. The Bertz CT molecular complexity index is 463. The molecule has 1 amide bonds. The van der Waals surface area contributed by atoms with Gasteiger partial charge in [0.05, 0.1) is 16.1 Å². The van der Waals surface area contributed by atoms with Crippen molar-refractivity contribution in [1.82, 2.24) is 4.90 Å². The van der Waals surface area contributed by atoms with Crippen LogP contribution in [0.2, 0.25) is 0 Å². The lowest BCUT2D eigenvalue weighted by Crippen LogP contribution is -2.34. The highest BCUT2D eigenvalue weighted by molar-refractivity contribution is 9.11. The second-order valence-electron chi connectivity index (χ2n) is 3.63. The van der Waals surface area contributed by atoms with E-state index in [0.717, 1.165) is 8.66 Å². The molecule has 0 aromatic carbocycles. The zero-order valence-corrected chi connectivity index (χ0v) is 12.9. The van der Waals surface area contributed by atoms with Gasteiger partial charge in [0, 0.05) is 4.88 Å². The first-order chi connectivity index (χ1) is 8.61. The van der Waals surface area contributed by atoms with Crippen LogP contribution in [-0.2, 0) is 14.3 Å². The number of rotatable bonds is 4. The largest absolute Gasteiger partial charge is 0.465 e. The fourth-order valence-corrected chi connectivity index (χ4v) is 4.52. The quantitative estimate of drug-likeness (QED) is 0.784. The molecule has 4 nitrogen and oxygen atoms in total. The summed E-state index contributed by atoms with van der Waals surface area (Å²) in [5.41, 5.74) is 0. The number of thiophene rings is 1. The second kappa shape index (κ2) is 6.08. The van der Waals surface area contributed by atoms with Crippen LogP contribution >= 0.6 is 39.0 Å². The van der Waals surface area contributed by atoms with Crippen LogP contribution in [0.25, 0.3) is 0 Å². The molecule has 98 valence electrons. The van der Waals surface area contributed by atoms with Gasteiger partial charge in [0.15, 0.2) is 0 Å². The van der Waals surface area contributed by atoms with Gasteiger partial charge in [-0.1, -0.05) is 0 Å². The molecule has 1 aromatic heterocycles. The van der Waals surface area contributed by atoms with E-state index in [1.54, 1.807) is 34.9 Å². The Morgan fingerprint density at radius 2 is 2.39 bits per heavy atom. The summed E-state index contributed by atoms with van der Waals surface area (Å²) in [7, 11) is 0. The summed E-state index contributed by atoms with van der Waals surface area (Å²) in [5, 5.41) is -0.0711. The first-order valence-corrected chi connectivity index (χ1v) is 8.09. The highest BCUT2D eigenvalue weighted by Crippen LogP contribution is 2.42. The van der Waals surface area contributed by atoms with E-state index in [2.05, 4.69) is 15.9 Å². The molecule has 7 heteroatoms. The minimum absolute atomic E-state index is 0.0115. The van der Waals surface area contributed by atoms with Gasteiger partial charge in [-0.05, 0) is 35.0 Å². The van der Waals surface area contributed by atoms with Crippen LogP contribution in [0.1, 0.15) is 17.2 Å². The molecule has 0 aliphatic carbocycles. The SMILES string of the molecule is CCOC(=O)CN1C(=O)CSC1c1ccc(Br)s1. The third-order valence-corrected chi connectivity index (χ3v) is 5.47. The summed E-state index contributed by atoms with van der Waals surface area (Å²) in [6.45, 7) is 2.12. The van der Waals surface area contributed by atoms with E-state index < -0.39 is 0 Å². The average molecular weight is 350 g/mol. The lowest BCUT2D eigenvalue weighted by Gasteiger charge is -2.21. The van der Waals surface area contributed by atoms with Crippen LogP contribution < -0.4 is 0 Å². The van der Waals surface area contributed by atoms with E-state index in [-0.39, 0.29) is 23.8 Å². The van der Waals surface area contributed by atoms with Crippen molar-refractivity contribution in [3.63, 3.8) is 0 Å². The minimum atomic E-state index is -0.353. The van der Waals surface area contributed by atoms with Gasteiger partial charge in [-0.25, -0.2) is 0 Å². The maximum Gasteiger partial charge on any atom is 0.325 e. The molecule has 2 heterocycles. The van der Waals surface area contributed by atoms with Crippen LogP contribution in [0.5, 0.6) is 0 Å². The Balaban J connectivity index is 2.10. The number of esters is 1. The summed E-state index contributed by atoms with van der Waals surface area (Å²) in [4.78, 5) is 25.9. The second-order valence-corrected chi connectivity index (χ2v) is 7.20. The molecule has 0 N–H and O–H groups in total. The van der Waals surface area contributed by atoms with Crippen molar-refractivity contribution in [1.29, 1.82) is 0 Å². The molecule has 1 fully saturated rings. The lowest BCUT2D eigenvalue weighted by molar-refractivity contribution is -0.148. The average Bonchev–Trinajstić information content (AvgIpc) is 2.87. The summed E-state index contributed by atoms with van der Waals surface area (Å²) in [5.74, 6) is 0.0520. The van der Waals surface area contributed by atoms with Gasteiger partial charge in [-0.2, -0.15) is 0 Å². The number of carbonyl (C=O) groups is 2. The first kappa shape index (κ1) is 13.9. The van der Waals surface area contributed by atoms with Gasteiger partial charge in [0.25, 0.3) is 0 Å². The van der Waals surface area contributed by atoms with Crippen LogP contribution in [0.4, 0.5) is 0 Å². The normalized spacial score (nSPS) is 19.3. The van der Waals surface area contributed by atoms with Gasteiger partial charge >= 0.3 is 5.97 Å². The molecule has 0 radical (unpaired) electrons. The van der Waals surface area contributed by atoms with Gasteiger partial charge in [0.2, 0.25) is 5.91 Å². The van der Waals surface area contributed by atoms with Crippen molar-refractivity contribution in [2.45, 2.75) is 12.3 Å². The molecular weight excluding hydrogens is 338 g/mol. The molecule has 0 spiro atoms. The molecule has 1 aliphatic rings. The Kier molecular flexibility index (Phi) is 4.69. The topological polar surface area (TPSA) is 46.6 Å². The molecule has 2 rings (SSSR count). The van der Waals surface area contributed by atoms with Crippen LogP contribution in [-0.4, -0.2) is 35.7 Å². The van der Waals surface area contributed by atoms with Crippen LogP contribution in [0.3, 0.4) is 0 Å². The Labute approximate surface area is 122 Å². The summed E-state index contributed by atoms with van der Waals surface area (Å²) in [6, 6.07) is 3.93. The number of carbonyl (C=O) groups excluding carboxylic acids is 2. The van der Waals surface area contributed by atoms with Crippen LogP contribution in [0.15, 0.2) is 15.9 Å². The third kappa shape index (κ3) is 3.07. The van der Waals surface area contributed by atoms with Crippen molar-refractivity contribution in [2.24, 2.45) is 0 Å². The van der Waals surface area contributed by atoms with Gasteiger partial charge in [-0.15, -0.1) is 23.1 Å². The van der Waals surface area contributed by atoms with Crippen molar-refractivity contribution in [3.05, 3.63) is 20.8 Å². The van der Waals surface area contributed by atoms with Crippen molar-refractivity contribution in [2.75, 3.05) is 18.9 Å². The summed E-state index contributed by atoms with van der Waals surface area (Å²) >= 11 is 6.53. The number of hydrogen-bond donors (Lipinski definition) is 0. The number of thioether (sulfide) groups is 1. The number of hydrogen-bond acceptors (Lipinski definition) is 5. The van der Waals surface area contributed by atoms with Gasteiger partial charge < -0.3 is 9.64 Å². The standard InChI is InChI=1S/C11H12BrNO3S2/c1-2-16-10(15)5-13-9(14)6-17-11(13)7-3-4-8(12)18-7/h3-4,11H,2,5-6H2,1H3. The molecule has 0 saturated carbocycles. The number of ether oxygens (including phenoxy) is 1. The summed E-state index contributed by atoms with van der Waals surface area (Å²) < 4.78 is 5.92. The third-order valence-electron chi connectivity index (χ3n) is 2.41. The van der Waals surface area contributed by atoms with E-state index in [1.165, 1.54) is 0 Å². The van der Waals surface area contributed by atoms with E-state index in [0.29, 0.717) is 12.4 Å². The highest BCUT2D eigenvalue weighted by Gasteiger charge is 2.35. The number of amides is 1. The van der Waals surface area contributed by atoms with Crippen molar-refractivity contribution in [3.8, 4) is 0 Å². The van der Waals surface area contributed by atoms with E-state index >= 15 is 0 Å². The molecular formula is C11H12BrNO3S2. The van der Waals surface area contributed by atoms with Crippen LogP contribution in [0, 0.1) is 0 Å². The maximum atomic E-state index is 11.8. The number of halogens is 1. The molecule has 18 heavy (non-hydrogen) atoms. The Morgan fingerprint density at radius 1 is 1.61 bits per heavy atom. The van der Waals surface area contributed by atoms with E-state index in [1.807, 2.05) is 12.1 Å². The fraction of sp³-hybridized carbons (Fsp3) is 0.455. The first-order valence-electron chi connectivity index (χ1n) is 5.43. The molecule has 1 aromatic rings.